The van der Waals surface area contributed by atoms with Crippen LogP contribution in [0.25, 0.3) is 11.3 Å². The van der Waals surface area contributed by atoms with E-state index in [4.69, 9.17) is 4.74 Å². The van der Waals surface area contributed by atoms with Crippen LogP contribution < -0.4 is 9.46 Å². The molecule has 3 heterocycles. The van der Waals surface area contributed by atoms with E-state index in [-0.39, 0.29) is 52.2 Å². The number of hydrogen-bond donors (Lipinski definition) is 1. The molecule has 10 nitrogen and oxygen atoms in total. The number of likely N-dealkylation sites (tertiary alicyclic amines) is 1. The zero-order valence-corrected chi connectivity index (χ0v) is 30.3. The fourth-order valence-corrected chi connectivity index (χ4v) is 7.78. The van der Waals surface area contributed by atoms with Gasteiger partial charge in [0.05, 0.1) is 16.6 Å². The number of carbonyl (C=O) groups is 2. The van der Waals surface area contributed by atoms with Crippen molar-refractivity contribution < 1.29 is 22.7 Å². The van der Waals surface area contributed by atoms with Crippen molar-refractivity contribution in [3.63, 3.8) is 0 Å². The number of carbonyl (C=O) groups excluding carboxylic acids is 2. The molecular formula is C37H49N5O5S. The smallest absolute Gasteiger partial charge is 0.264 e. The van der Waals surface area contributed by atoms with Gasteiger partial charge in [-0.15, -0.1) is 0 Å². The van der Waals surface area contributed by atoms with E-state index in [1.165, 1.54) is 18.2 Å². The number of nitrogens with zero attached hydrogens (tertiary/aromatic N) is 4. The lowest BCUT2D eigenvalue weighted by Gasteiger charge is -2.40. The summed E-state index contributed by atoms with van der Waals surface area (Å²) in [5.41, 5.74) is 3.37. The molecule has 0 spiro atoms. The number of anilines is 1. The molecule has 5 rings (SSSR count). The molecule has 0 unspecified atom stereocenters. The Morgan fingerprint density at radius 3 is 2.23 bits per heavy atom. The molecule has 0 radical (unpaired) electrons. The van der Waals surface area contributed by atoms with Crippen LogP contribution in [0.4, 0.5) is 5.95 Å². The summed E-state index contributed by atoms with van der Waals surface area (Å²) < 4.78 is 36.2. The van der Waals surface area contributed by atoms with Crippen molar-refractivity contribution in [2.24, 2.45) is 16.7 Å². The van der Waals surface area contributed by atoms with Gasteiger partial charge in [0.25, 0.3) is 15.9 Å². The van der Waals surface area contributed by atoms with Crippen LogP contribution in [0.3, 0.4) is 0 Å². The van der Waals surface area contributed by atoms with Gasteiger partial charge in [-0.3, -0.25) is 9.59 Å². The maximum atomic E-state index is 14.4. The summed E-state index contributed by atoms with van der Waals surface area (Å²) in [6.45, 7) is 18.0. The molecule has 11 heteroatoms. The van der Waals surface area contributed by atoms with E-state index in [1.54, 1.807) is 17.0 Å². The zero-order valence-electron chi connectivity index (χ0n) is 29.5. The van der Waals surface area contributed by atoms with Crippen molar-refractivity contribution in [2.45, 2.75) is 85.6 Å². The van der Waals surface area contributed by atoms with Gasteiger partial charge in [0.1, 0.15) is 13.2 Å². The van der Waals surface area contributed by atoms with Crippen LogP contribution in [0.2, 0.25) is 0 Å². The predicted molar refractivity (Wildman–Crippen MR) is 187 cm³/mol. The minimum atomic E-state index is -4.20. The van der Waals surface area contributed by atoms with E-state index in [0.717, 1.165) is 29.5 Å². The number of fused-ring (bicyclic) bond motifs is 4. The van der Waals surface area contributed by atoms with Crippen molar-refractivity contribution in [2.75, 3.05) is 31.0 Å². The van der Waals surface area contributed by atoms with E-state index in [0.29, 0.717) is 31.1 Å². The SMILES string of the molecule is Cc1cccc(C)c1-c1cc2nc(n1)NS(=O)(=O)c1cccc(c1)C(=O)N(CC(=O)N1CCC(C(C)(C)C)CC1)[C@H](CC(C)(C)C)CO2. The number of nitrogens with one attached hydrogen (secondary N) is 1. The second-order valence-electron chi connectivity index (χ2n) is 15.5. The quantitative estimate of drug-likeness (QED) is 0.336. The highest BCUT2D eigenvalue weighted by molar-refractivity contribution is 7.92. The Bertz CT molecular complexity index is 1770. The lowest BCUT2D eigenvalue weighted by atomic mass is 9.75. The molecule has 2 aromatic carbocycles. The topological polar surface area (TPSA) is 122 Å². The molecule has 48 heavy (non-hydrogen) atoms. The van der Waals surface area contributed by atoms with E-state index in [9.17, 15) is 18.0 Å². The van der Waals surface area contributed by atoms with Crippen molar-refractivity contribution in [3.05, 3.63) is 65.2 Å². The highest BCUT2D eigenvalue weighted by atomic mass is 32.2. The highest BCUT2D eigenvalue weighted by Crippen LogP contribution is 2.35. The zero-order chi connectivity index (χ0) is 35.0. The largest absolute Gasteiger partial charge is 0.475 e. The fraction of sp³-hybridized carbons (Fsp3) is 0.514. The van der Waals surface area contributed by atoms with E-state index < -0.39 is 22.0 Å². The van der Waals surface area contributed by atoms with E-state index >= 15 is 0 Å². The third kappa shape index (κ3) is 8.17. The van der Waals surface area contributed by atoms with Crippen LogP contribution in [-0.2, 0) is 14.8 Å². The maximum absolute atomic E-state index is 14.4. The second-order valence-corrected chi connectivity index (χ2v) is 17.2. The van der Waals surface area contributed by atoms with Crippen LogP contribution in [0, 0.1) is 30.6 Å². The number of hydrogen-bond acceptors (Lipinski definition) is 7. The normalized spacial score (nSPS) is 19.0. The summed E-state index contributed by atoms with van der Waals surface area (Å²) in [5, 5.41) is 0. The predicted octanol–water partition coefficient (Wildman–Crippen LogP) is 6.49. The Morgan fingerprint density at radius 2 is 1.60 bits per heavy atom. The van der Waals surface area contributed by atoms with E-state index in [1.807, 2.05) is 36.9 Å². The minimum absolute atomic E-state index is 0.0392. The Labute approximate surface area is 285 Å². The van der Waals surface area contributed by atoms with E-state index in [2.05, 4.69) is 56.2 Å². The van der Waals surface area contributed by atoms with Crippen molar-refractivity contribution in [1.82, 2.24) is 19.8 Å². The van der Waals surface area contributed by atoms with Gasteiger partial charge in [-0.1, -0.05) is 65.8 Å². The number of ether oxygens (including phenoxy) is 1. The molecule has 4 bridgehead atoms. The minimum Gasteiger partial charge on any atom is -0.475 e. The third-order valence-electron chi connectivity index (χ3n) is 9.41. The molecule has 1 aromatic heterocycles. The van der Waals surface area contributed by atoms with Crippen LogP contribution >= 0.6 is 0 Å². The Kier molecular flexibility index (Phi) is 9.93. The molecule has 258 valence electrons. The summed E-state index contributed by atoms with van der Waals surface area (Å²) in [5.74, 6) is -0.0327. The van der Waals surface area contributed by atoms with Gasteiger partial charge in [0.15, 0.2) is 0 Å². The van der Waals surface area contributed by atoms with Gasteiger partial charge in [0.2, 0.25) is 17.7 Å². The Hall–Kier alpha value is -3.99. The number of aromatic nitrogens is 2. The molecular weight excluding hydrogens is 627 g/mol. The summed E-state index contributed by atoms with van der Waals surface area (Å²) >= 11 is 0. The standard InChI is InChI=1S/C37H49N5O5S/c1-24-11-9-12-25(2)33(24)30-20-31-39-35(38-30)40-48(45,46)29-14-10-13-26(19-29)34(44)42(28(23-47-31)21-36(3,4)5)22-32(43)41-17-15-27(16-18-41)37(6,7)8/h9-14,19-20,27-28H,15-18,21-23H2,1-8H3,(H,38,39,40)/t28-/m1/s1. The van der Waals surface area contributed by atoms with Crippen molar-refractivity contribution in [1.29, 1.82) is 0 Å². The van der Waals surface area contributed by atoms with Gasteiger partial charge in [-0.05, 0) is 79.2 Å². The molecule has 0 aliphatic carbocycles. The summed E-state index contributed by atoms with van der Waals surface area (Å²) in [6.07, 6.45) is 2.34. The number of rotatable bonds is 4. The first-order valence-electron chi connectivity index (χ1n) is 16.7. The van der Waals surface area contributed by atoms with Gasteiger partial charge >= 0.3 is 0 Å². The average molecular weight is 676 g/mol. The molecule has 1 N–H and O–H groups in total. The van der Waals surface area contributed by atoms with Crippen molar-refractivity contribution >= 4 is 27.8 Å². The van der Waals surface area contributed by atoms with Crippen LogP contribution in [-0.4, -0.2) is 72.3 Å². The summed E-state index contributed by atoms with van der Waals surface area (Å²) in [4.78, 5) is 40.6. The molecule has 2 aliphatic rings. The van der Waals surface area contributed by atoms with Crippen LogP contribution in [0.1, 0.15) is 82.3 Å². The number of benzene rings is 2. The maximum Gasteiger partial charge on any atom is 0.264 e. The number of aryl methyl sites for hydroxylation is 2. The van der Waals surface area contributed by atoms with Gasteiger partial charge < -0.3 is 14.5 Å². The van der Waals surface area contributed by atoms with Crippen LogP contribution in [0.15, 0.2) is 53.4 Å². The van der Waals surface area contributed by atoms with Crippen LogP contribution in [0.5, 0.6) is 5.88 Å². The molecule has 2 amide bonds. The molecule has 1 saturated heterocycles. The average Bonchev–Trinajstić information content (AvgIpc) is 3.00. The Balaban J connectivity index is 1.58. The Morgan fingerprint density at radius 1 is 0.958 bits per heavy atom. The first-order chi connectivity index (χ1) is 22.4. The molecule has 1 fully saturated rings. The third-order valence-corrected chi connectivity index (χ3v) is 10.7. The number of amides is 2. The number of piperidine rings is 1. The second kappa shape index (κ2) is 13.5. The molecule has 3 aromatic rings. The molecule has 2 aliphatic heterocycles. The lowest BCUT2D eigenvalue weighted by Crippen LogP contribution is -2.52. The molecule has 1 atom stereocenters. The van der Waals surface area contributed by atoms with Crippen molar-refractivity contribution in [3.8, 4) is 17.1 Å². The van der Waals surface area contributed by atoms with Gasteiger partial charge in [-0.2, -0.15) is 4.98 Å². The highest BCUT2D eigenvalue weighted by Gasteiger charge is 2.35. The first-order valence-corrected chi connectivity index (χ1v) is 18.2. The monoisotopic (exact) mass is 675 g/mol. The number of sulfonamides is 1. The van der Waals surface area contributed by atoms with Gasteiger partial charge in [-0.25, -0.2) is 18.1 Å². The lowest BCUT2D eigenvalue weighted by molar-refractivity contribution is -0.134. The fourth-order valence-electron chi connectivity index (χ4n) is 6.79. The van der Waals surface area contributed by atoms with Gasteiger partial charge in [0, 0.05) is 30.3 Å². The molecule has 0 saturated carbocycles. The first kappa shape index (κ1) is 35.3. The summed E-state index contributed by atoms with van der Waals surface area (Å²) in [6, 6.07) is 12.9. The summed E-state index contributed by atoms with van der Waals surface area (Å²) in [7, 11) is -4.20.